The SMILES string of the molecule is C.CC(=O)ON1C(=O)CCC1=O. The highest BCUT2D eigenvalue weighted by atomic mass is 16.7. The number of rotatable bonds is 1. The molecule has 0 aromatic carbocycles. The molecule has 0 atom stereocenters. The predicted octanol–water partition coefficient (Wildman–Crippen LogP) is 0.250. The van der Waals surface area contributed by atoms with Crippen molar-refractivity contribution in [2.45, 2.75) is 27.2 Å². The Labute approximate surface area is 70.2 Å². The van der Waals surface area contributed by atoms with Gasteiger partial charge < -0.3 is 4.84 Å². The van der Waals surface area contributed by atoms with E-state index in [4.69, 9.17) is 0 Å². The molecular weight excluding hydrogens is 162 g/mol. The second-order valence-corrected chi connectivity index (χ2v) is 2.16. The average Bonchev–Trinajstić information content (AvgIpc) is 2.18. The van der Waals surface area contributed by atoms with Crippen LogP contribution in [0.15, 0.2) is 0 Å². The van der Waals surface area contributed by atoms with E-state index in [2.05, 4.69) is 4.84 Å². The van der Waals surface area contributed by atoms with E-state index in [1.54, 1.807) is 0 Å². The highest BCUT2D eigenvalue weighted by molar-refractivity contribution is 6.01. The number of amides is 2. The van der Waals surface area contributed by atoms with Crippen molar-refractivity contribution in [1.82, 2.24) is 5.06 Å². The molecular formula is C7H11NO4. The molecule has 0 saturated carbocycles. The predicted molar refractivity (Wildman–Crippen MR) is 39.6 cm³/mol. The summed E-state index contributed by atoms with van der Waals surface area (Å²) in [5, 5.41) is 0.516. The van der Waals surface area contributed by atoms with E-state index in [1.165, 1.54) is 0 Å². The lowest BCUT2D eigenvalue weighted by Crippen LogP contribution is -2.30. The number of carbonyl (C=O) groups is 3. The van der Waals surface area contributed by atoms with Crippen LogP contribution in [0, 0.1) is 0 Å². The average molecular weight is 173 g/mol. The van der Waals surface area contributed by atoms with Gasteiger partial charge in [0.15, 0.2) is 0 Å². The topological polar surface area (TPSA) is 63.7 Å². The monoisotopic (exact) mass is 173 g/mol. The van der Waals surface area contributed by atoms with Gasteiger partial charge in [0.2, 0.25) is 0 Å². The Kier molecular flexibility index (Phi) is 3.40. The largest absolute Gasteiger partial charge is 0.331 e. The summed E-state index contributed by atoms with van der Waals surface area (Å²) in [5.41, 5.74) is 0. The zero-order valence-corrected chi connectivity index (χ0v) is 5.99. The van der Waals surface area contributed by atoms with Gasteiger partial charge in [-0.05, 0) is 0 Å². The van der Waals surface area contributed by atoms with Crippen LogP contribution in [0.25, 0.3) is 0 Å². The third kappa shape index (κ3) is 2.05. The minimum Gasteiger partial charge on any atom is -0.331 e. The minimum absolute atomic E-state index is 0. The fraction of sp³-hybridized carbons (Fsp3) is 0.571. The molecule has 5 nitrogen and oxygen atoms in total. The first-order chi connectivity index (χ1) is 5.11. The molecule has 1 aliphatic heterocycles. The van der Waals surface area contributed by atoms with E-state index in [0.29, 0.717) is 5.06 Å². The first-order valence-corrected chi connectivity index (χ1v) is 3.15. The molecule has 0 N–H and O–H groups in total. The summed E-state index contributed by atoms with van der Waals surface area (Å²) in [7, 11) is 0. The molecule has 5 heteroatoms. The number of nitrogens with zero attached hydrogens (tertiary/aromatic N) is 1. The molecule has 0 aromatic heterocycles. The van der Waals surface area contributed by atoms with Crippen LogP contribution in [-0.4, -0.2) is 22.8 Å². The van der Waals surface area contributed by atoms with Crippen LogP contribution in [-0.2, 0) is 19.2 Å². The maximum absolute atomic E-state index is 10.7. The van der Waals surface area contributed by atoms with Crippen LogP contribution in [0.1, 0.15) is 27.2 Å². The van der Waals surface area contributed by atoms with Crippen LogP contribution in [0.5, 0.6) is 0 Å². The number of hydrogen-bond acceptors (Lipinski definition) is 4. The molecule has 1 rings (SSSR count). The Morgan fingerprint density at radius 1 is 1.33 bits per heavy atom. The van der Waals surface area contributed by atoms with E-state index in [9.17, 15) is 14.4 Å². The van der Waals surface area contributed by atoms with Gasteiger partial charge in [-0.3, -0.25) is 9.59 Å². The lowest BCUT2D eigenvalue weighted by molar-refractivity contribution is -0.195. The van der Waals surface area contributed by atoms with Gasteiger partial charge in [0, 0.05) is 19.8 Å². The standard InChI is InChI=1S/C6H7NO4.CH4/c1-4(8)11-7-5(9)2-3-6(7)10;/h2-3H2,1H3;1H4. The molecule has 1 fully saturated rings. The van der Waals surface area contributed by atoms with Gasteiger partial charge in [-0.25, -0.2) is 4.79 Å². The second kappa shape index (κ2) is 3.85. The van der Waals surface area contributed by atoms with E-state index in [-0.39, 0.29) is 20.3 Å². The maximum atomic E-state index is 10.7. The van der Waals surface area contributed by atoms with Crippen molar-refractivity contribution >= 4 is 17.8 Å². The molecule has 68 valence electrons. The lowest BCUT2D eigenvalue weighted by Gasteiger charge is -2.09. The van der Waals surface area contributed by atoms with Gasteiger partial charge in [0.25, 0.3) is 11.8 Å². The highest BCUT2D eigenvalue weighted by Crippen LogP contribution is 2.11. The number of imide groups is 1. The van der Waals surface area contributed by atoms with Crippen molar-refractivity contribution in [3.63, 3.8) is 0 Å². The number of hydrogen-bond donors (Lipinski definition) is 0. The summed E-state index contributed by atoms with van der Waals surface area (Å²) in [5.74, 6) is -1.57. The molecule has 2 amide bonds. The number of hydroxylamine groups is 2. The molecule has 0 spiro atoms. The van der Waals surface area contributed by atoms with E-state index >= 15 is 0 Å². The van der Waals surface area contributed by atoms with Crippen LogP contribution < -0.4 is 0 Å². The Hall–Kier alpha value is -1.39. The van der Waals surface area contributed by atoms with Gasteiger partial charge >= 0.3 is 5.97 Å². The van der Waals surface area contributed by atoms with Crippen molar-refractivity contribution in [2.24, 2.45) is 0 Å². The van der Waals surface area contributed by atoms with Gasteiger partial charge in [0.05, 0.1) is 0 Å². The fourth-order valence-corrected chi connectivity index (χ4v) is 0.786. The third-order valence-corrected chi connectivity index (χ3v) is 1.23. The van der Waals surface area contributed by atoms with Crippen molar-refractivity contribution in [3.05, 3.63) is 0 Å². The smallest absolute Gasteiger partial charge is 0.330 e. The van der Waals surface area contributed by atoms with E-state index in [1.807, 2.05) is 0 Å². The van der Waals surface area contributed by atoms with Gasteiger partial charge in [-0.15, -0.1) is 5.06 Å². The lowest BCUT2D eigenvalue weighted by atomic mass is 10.4. The molecule has 0 aromatic rings. The summed E-state index contributed by atoms with van der Waals surface area (Å²) in [6.45, 7) is 1.14. The van der Waals surface area contributed by atoms with Crippen LogP contribution in [0.3, 0.4) is 0 Å². The normalized spacial score (nSPS) is 15.9. The maximum Gasteiger partial charge on any atom is 0.330 e. The molecule has 0 radical (unpaired) electrons. The zero-order valence-electron chi connectivity index (χ0n) is 5.99. The van der Waals surface area contributed by atoms with Crippen molar-refractivity contribution in [3.8, 4) is 0 Å². The molecule has 0 bridgehead atoms. The van der Waals surface area contributed by atoms with Crippen LogP contribution in [0.4, 0.5) is 0 Å². The molecule has 1 saturated heterocycles. The molecule has 0 unspecified atom stereocenters. The van der Waals surface area contributed by atoms with Gasteiger partial charge in [-0.1, -0.05) is 7.43 Å². The van der Waals surface area contributed by atoms with Crippen LogP contribution in [0.2, 0.25) is 0 Å². The Balaban J connectivity index is 0.00000121. The van der Waals surface area contributed by atoms with Crippen molar-refractivity contribution in [1.29, 1.82) is 0 Å². The molecule has 1 heterocycles. The summed E-state index contributed by atoms with van der Waals surface area (Å²) >= 11 is 0. The highest BCUT2D eigenvalue weighted by Gasteiger charge is 2.31. The summed E-state index contributed by atoms with van der Waals surface area (Å²) < 4.78 is 0. The molecule has 1 aliphatic rings. The summed E-state index contributed by atoms with van der Waals surface area (Å²) in [6.07, 6.45) is 0.262. The van der Waals surface area contributed by atoms with Crippen molar-refractivity contribution in [2.75, 3.05) is 0 Å². The van der Waals surface area contributed by atoms with Gasteiger partial charge in [-0.2, -0.15) is 0 Å². The van der Waals surface area contributed by atoms with Crippen molar-refractivity contribution < 1.29 is 19.2 Å². The van der Waals surface area contributed by atoms with Gasteiger partial charge in [0.1, 0.15) is 0 Å². The third-order valence-electron chi connectivity index (χ3n) is 1.23. The first-order valence-electron chi connectivity index (χ1n) is 3.15. The Morgan fingerprint density at radius 2 is 1.75 bits per heavy atom. The second-order valence-electron chi connectivity index (χ2n) is 2.16. The Bertz CT molecular complexity index is 207. The minimum atomic E-state index is -0.659. The quantitative estimate of drug-likeness (QED) is 0.533. The zero-order chi connectivity index (χ0) is 8.43. The number of carbonyl (C=O) groups excluding carboxylic acids is 3. The first kappa shape index (κ1) is 10.6. The van der Waals surface area contributed by atoms with Crippen LogP contribution >= 0.6 is 0 Å². The summed E-state index contributed by atoms with van der Waals surface area (Å²) in [6, 6.07) is 0. The molecule has 12 heavy (non-hydrogen) atoms. The summed E-state index contributed by atoms with van der Waals surface area (Å²) in [4.78, 5) is 36.1. The Morgan fingerprint density at radius 3 is 2.08 bits per heavy atom. The molecule has 0 aliphatic carbocycles. The fourth-order valence-electron chi connectivity index (χ4n) is 0.786. The van der Waals surface area contributed by atoms with E-state index in [0.717, 1.165) is 6.92 Å². The van der Waals surface area contributed by atoms with E-state index < -0.39 is 17.8 Å².